The molecule has 0 radical (unpaired) electrons. The number of nitrogens with zero attached hydrogens (tertiary/aromatic N) is 6. The summed E-state index contributed by atoms with van der Waals surface area (Å²) >= 11 is 0. The van der Waals surface area contributed by atoms with E-state index in [2.05, 4.69) is 30.6 Å². The van der Waals surface area contributed by atoms with Crippen LogP contribution < -0.4 is 10.2 Å². The van der Waals surface area contributed by atoms with Crippen molar-refractivity contribution in [1.29, 1.82) is 0 Å². The maximum Gasteiger partial charge on any atom is 0.227 e. The highest BCUT2D eigenvalue weighted by Crippen LogP contribution is 2.18. The van der Waals surface area contributed by atoms with Crippen molar-refractivity contribution < 1.29 is 9.32 Å². The normalized spacial score (nSPS) is 14.1. The van der Waals surface area contributed by atoms with Crippen LogP contribution in [-0.4, -0.2) is 57.3 Å². The van der Waals surface area contributed by atoms with Crippen LogP contribution in [0.3, 0.4) is 0 Å². The highest BCUT2D eigenvalue weighted by atomic mass is 16.5. The Morgan fingerprint density at radius 1 is 1.07 bits per heavy atom. The summed E-state index contributed by atoms with van der Waals surface area (Å²) < 4.78 is 5.15. The summed E-state index contributed by atoms with van der Waals surface area (Å²) in [6, 6.07) is 7.58. The molecule has 1 N–H and O–H groups in total. The van der Waals surface area contributed by atoms with E-state index in [1.54, 1.807) is 12.4 Å². The summed E-state index contributed by atoms with van der Waals surface area (Å²) in [7, 11) is 0. The second-order valence-electron chi connectivity index (χ2n) is 6.98. The van der Waals surface area contributed by atoms with Gasteiger partial charge in [-0.15, -0.1) is 10.2 Å². The molecule has 9 nitrogen and oxygen atoms in total. The molecule has 3 aromatic rings. The first-order valence-electron chi connectivity index (χ1n) is 9.55. The summed E-state index contributed by atoms with van der Waals surface area (Å²) in [6.07, 6.45) is 3.77. The molecule has 1 aliphatic heterocycles. The van der Waals surface area contributed by atoms with Gasteiger partial charge in [-0.1, -0.05) is 5.16 Å². The third-order valence-electron chi connectivity index (χ3n) is 5.07. The van der Waals surface area contributed by atoms with E-state index in [1.165, 1.54) is 0 Å². The summed E-state index contributed by atoms with van der Waals surface area (Å²) in [5, 5.41) is 15.7. The van der Waals surface area contributed by atoms with E-state index in [9.17, 15) is 4.79 Å². The lowest BCUT2D eigenvalue weighted by molar-refractivity contribution is -0.130. The van der Waals surface area contributed by atoms with Crippen molar-refractivity contribution in [3.8, 4) is 0 Å². The molecule has 4 rings (SSSR count). The molecule has 0 saturated carbocycles. The lowest BCUT2D eigenvalue weighted by Crippen LogP contribution is -2.49. The fourth-order valence-electron chi connectivity index (χ4n) is 3.35. The Balaban J connectivity index is 1.31. The smallest absolute Gasteiger partial charge is 0.227 e. The SMILES string of the molecule is Cc1noc(C)c1CC(=O)N1CCN(c2ccc(Nc3ccncc3)nn2)CC1. The fourth-order valence-corrected chi connectivity index (χ4v) is 3.35. The standard InChI is InChI=1S/C20H23N7O2/c1-14-17(15(2)29-25-14)13-20(28)27-11-9-26(10-12-27)19-4-3-18(23-24-19)22-16-5-7-21-8-6-16/h3-8H,9-13H2,1-2H3,(H,21,22,23). The molecule has 0 unspecified atom stereocenters. The molecule has 0 aliphatic carbocycles. The van der Waals surface area contributed by atoms with Gasteiger partial charge in [0.2, 0.25) is 5.91 Å². The Morgan fingerprint density at radius 3 is 2.45 bits per heavy atom. The molecule has 3 aromatic heterocycles. The zero-order valence-corrected chi connectivity index (χ0v) is 16.5. The highest BCUT2D eigenvalue weighted by Gasteiger charge is 2.24. The topological polar surface area (TPSA) is 100 Å². The van der Waals surface area contributed by atoms with Crippen LogP contribution in [0.15, 0.2) is 41.2 Å². The molecule has 0 bridgehead atoms. The number of pyridine rings is 1. The maximum atomic E-state index is 12.6. The maximum absolute atomic E-state index is 12.6. The Morgan fingerprint density at radius 2 is 1.83 bits per heavy atom. The molecule has 0 spiro atoms. The van der Waals surface area contributed by atoms with E-state index in [0.29, 0.717) is 31.1 Å². The number of carbonyl (C=O) groups is 1. The van der Waals surface area contributed by atoms with E-state index in [4.69, 9.17) is 4.52 Å². The van der Waals surface area contributed by atoms with E-state index in [0.717, 1.165) is 35.9 Å². The molecule has 1 amide bonds. The van der Waals surface area contributed by atoms with Gasteiger partial charge in [-0.25, -0.2) is 0 Å². The van der Waals surface area contributed by atoms with Crippen molar-refractivity contribution in [2.75, 3.05) is 36.4 Å². The first kappa shape index (κ1) is 18.9. The van der Waals surface area contributed by atoms with E-state index in [1.807, 2.05) is 43.0 Å². The van der Waals surface area contributed by atoms with Crippen molar-refractivity contribution in [2.45, 2.75) is 20.3 Å². The first-order valence-corrected chi connectivity index (χ1v) is 9.55. The second kappa shape index (κ2) is 8.26. The molecule has 1 aliphatic rings. The zero-order chi connectivity index (χ0) is 20.2. The average molecular weight is 393 g/mol. The van der Waals surface area contributed by atoms with Gasteiger partial charge in [0, 0.05) is 49.8 Å². The molecule has 0 aromatic carbocycles. The van der Waals surface area contributed by atoms with Gasteiger partial charge in [0.05, 0.1) is 12.1 Å². The predicted molar refractivity (Wildman–Crippen MR) is 108 cm³/mol. The third kappa shape index (κ3) is 4.34. The van der Waals surface area contributed by atoms with Crippen molar-refractivity contribution >= 4 is 23.2 Å². The van der Waals surface area contributed by atoms with Gasteiger partial charge >= 0.3 is 0 Å². The Kier molecular flexibility index (Phi) is 5.37. The van der Waals surface area contributed by atoms with Crippen LogP contribution >= 0.6 is 0 Å². The Bertz CT molecular complexity index is 945. The number of amides is 1. The van der Waals surface area contributed by atoms with Crippen LogP contribution in [0.25, 0.3) is 0 Å². The van der Waals surface area contributed by atoms with Crippen LogP contribution in [0.1, 0.15) is 17.0 Å². The molecule has 1 saturated heterocycles. The molecular weight excluding hydrogens is 370 g/mol. The lowest BCUT2D eigenvalue weighted by atomic mass is 10.1. The molecule has 150 valence electrons. The molecule has 4 heterocycles. The van der Waals surface area contributed by atoms with E-state index in [-0.39, 0.29) is 5.91 Å². The van der Waals surface area contributed by atoms with Gasteiger partial charge < -0.3 is 19.6 Å². The van der Waals surface area contributed by atoms with Gasteiger partial charge in [0.1, 0.15) is 5.76 Å². The first-order chi connectivity index (χ1) is 14.1. The zero-order valence-electron chi connectivity index (χ0n) is 16.5. The number of rotatable bonds is 5. The number of hydrogen-bond donors (Lipinski definition) is 1. The number of nitrogens with one attached hydrogen (secondary N) is 1. The van der Waals surface area contributed by atoms with Crippen LogP contribution in [-0.2, 0) is 11.2 Å². The van der Waals surface area contributed by atoms with Gasteiger partial charge in [0.25, 0.3) is 0 Å². The highest BCUT2D eigenvalue weighted by molar-refractivity contribution is 5.79. The van der Waals surface area contributed by atoms with Crippen molar-refractivity contribution in [2.24, 2.45) is 0 Å². The Labute approximate surface area is 168 Å². The van der Waals surface area contributed by atoms with Crippen molar-refractivity contribution in [1.82, 2.24) is 25.2 Å². The van der Waals surface area contributed by atoms with Crippen LogP contribution in [0.4, 0.5) is 17.3 Å². The van der Waals surface area contributed by atoms with Gasteiger partial charge in [-0.3, -0.25) is 9.78 Å². The quantitative estimate of drug-likeness (QED) is 0.703. The third-order valence-corrected chi connectivity index (χ3v) is 5.07. The van der Waals surface area contributed by atoms with Gasteiger partial charge in [-0.05, 0) is 38.1 Å². The van der Waals surface area contributed by atoms with Gasteiger partial charge in [0.15, 0.2) is 11.6 Å². The van der Waals surface area contributed by atoms with Crippen LogP contribution in [0, 0.1) is 13.8 Å². The van der Waals surface area contributed by atoms with Crippen LogP contribution in [0.2, 0.25) is 0 Å². The van der Waals surface area contributed by atoms with E-state index >= 15 is 0 Å². The average Bonchev–Trinajstić information content (AvgIpc) is 3.07. The largest absolute Gasteiger partial charge is 0.361 e. The van der Waals surface area contributed by atoms with Gasteiger partial charge in [-0.2, -0.15) is 0 Å². The number of hydrogen-bond acceptors (Lipinski definition) is 8. The monoisotopic (exact) mass is 393 g/mol. The summed E-state index contributed by atoms with van der Waals surface area (Å²) in [4.78, 5) is 20.6. The number of aryl methyl sites for hydroxylation is 2. The number of aromatic nitrogens is 4. The summed E-state index contributed by atoms with van der Waals surface area (Å²) in [5.74, 6) is 2.29. The molecule has 9 heteroatoms. The van der Waals surface area contributed by atoms with Crippen molar-refractivity contribution in [3.05, 3.63) is 53.7 Å². The van der Waals surface area contributed by atoms with E-state index < -0.39 is 0 Å². The molecular formula is C20H23N7O2. The summed E-state index contributed by atoms with van der Waals surface area (Å²) in [6.45, 7) is 6.45. The second-order valence-corrected chi connectivity index (χ2v) is 6.98. The predicted octanol–water partition coefficient (Wildman–Crippen LogP) is 2.11. The lowest BCUT2D eigenvalue weighted by Gasteiger charge is -2.35. The summed E-state index contributed by atoms with van der Waals surface area (Å²) in [5.41, 5.74) is 2.58. The minimum Gasteiger partial charge on any atom is -0.361 e. The number of piperazine rings is 1. The number of anilines is 3. The van der Waals surface area contributed by atoms with Crippen molar-refractivity contribution in [3.63, 3.8) is 0 Å². The minimum atomic E-state index is 0.0991. The fraction of sp³-hybridized carbons (Fsp3) is 0.350. The minimum absolute atomic E-state index is 0.0991. The number of carbonyl (C=O) groups excluding carboxylic acids is 1. The molecule has 29 heavy (non-hydrogen) atoms. The molecule has 1 fully saturated rings. The molecule has 0 atom stereocenters. The van der Waals surface area contributed by atoms with Crippen LogP contribution in [0.5, 0.6) is 0 Å². The Hall–Kier alpha value is -3.49.